The zero-order valence-electron chi connectivity index (χ0n) is 9.06. The van der Waals surface area contributed by atoms with Crippen LogP contribution in [0.15, 0.2) is 0 Å². The fraction of sp³-hybridized carbons (Fsp3) is 0.900. The van der Waals surface area contributed by atoms with Gasteiger partial charge in [-0.1, -0.05) is 0 Å². The zero-order valence-corrected chi connectivity index (χ0v) is 9.88. The molecule has 0 saturated heterocycles. The quantitative estimate of drug-likeness (QED) is 0.624. The molecule has 0 spiro atoms. The summed E-state index contributed by atoms with van der Waals surface area (Å²) in [4.78, 5) is 11.1. The molecule has 1 amide bonds. The number of thioether (sulfide) groups is 1. The number of amides is 1. The molecule has 2 N–H and O–H groups in total. The van der Waals surface area contributed by atoms with E-state index in [0.717, 1.165) is 19.6 Å². The number of hydrogen-bond acceptors (Lipinski definition) is 3. The molecular formula is C10H20N2OS. The highest BCUT2D eigenvalue weighted by Crippen LogP contribution is 2.46. The second-order valence-corrected chi connectivity index (χ2v) is 5.04. The van der Waals surface area contributed by atoms with Crippen LogP contribution >= 0.6 is 11.8 Å². The highest BCUT2D eigenvalue weighted by molar-refractivity contribution is 8.00. The largest absolute Gasteiger partial charge is 0.356 e. The minimum absolute atomic E-state index is 0.147. The topological polar surface area (TPSA) is 41.1 Å². The predicted octanol–water partition coefficient (Wildman–Crippen LogP) is 0.998. The first-order valence-electron chi connectivity index (χ1n) is 5.25. The average Bonchev–Trinajstić information content (AvgIpc) is 2.94. The first-order valence-corrected chi connectivity index (χ1v) is 6.47. The van der Waals surface area contributed by atoms with Gasteiger partial charge in [0.15, 0.2) is 0 Å². The molecular weight excluding hydrogens is 196 g/mol. The van der Waals surface area contributed by atoms with Crippen LogP contribution in [-0.2, 0) is 4.79 Å². The van der Waals surface area contributed by atoms with Gasteiger partial charge in [0.05, 0.1) is 0 Å². The minimum atomic E-state index is 0.147. The Kier molecular flexibility index (Phi) is 4.75. The molecule has 0 aromatic heterocycles. The van der Waals surface area contributed by atoms with Gasteiger partial charge in [-0.2, -0.15) is 11.8 Å². The Bertz CT molecular complexity index is 193. The van der Waals surface area contributed by atoms with Crippen molar-refractivity contribution in [2.24, 2.45) is 0 Å². The van der Waals surface area contributed by atoms with Crippen molar-refractivity contribution < 1.29 is 4.79 Å². The molecule has 3 nitrogen and oxygen atoms in total. The molecule has 0 radical (unpaired) electrons. The maximum atomic E-state index is 11.1. The third-order valence-corrected chi connectivity index (χ3v) is 4.01. The van der Waals surface area contributed by atoms with Crippen LogP contribution in [0.3, 0.4) is 0 Å². The third kappa shape index (κ3) is 3.88. The summed E-state index contributed by atoms with van der Waals surface area (Å²) in [6, 6.07) is 0. The van der Waals surface area contributed by atoms with Gasteiger partial charge in [-0.25, -0.2) is 0 Å². The summed E-state index contributed by atoms with van der Waals surface area (Å²) in [5.41, 5.74) is 0. The van der Waals surface area contributed by atoms with Crippen LogP contribution < -0.4 is 10.6 Å². The van der Waals surface area contributed by atoms with E-state index in [4.69, 9.17) is 0 Å². The maximum absolute atomic E-state index is 11.1. The summed E-state index contributed by atoms with van der Waals surface area (Å²) in [6.07, 6.45) is 5.40. The van der Waals surface area contributed by atoms with Gasteiger partial charge in [0.1, 0.15) is 0 Å². The Hall–Kier alpha value is -0.220. The lowest BCUT2D eigenvalue weighted by Gasteiger charge is -2.12. The van der Waals surface area contributed by atoms with Crippen molar-refractivity contribution in [1.29, 1.82) is 0 Å². The predicted molar refractivity (Wildman–Crippen MR) is 61.7 cm³/mol. The van der Waals surface area contributed by atoms with Crippen LogP contribution in [0, 0.1) is 0 Å². The van der Waals surface area contributed by atoms with Crippen LogP contribution in [0.25, 0.3) is 0 Å². The molecule has 1 aliphatic rings. The lowest BCUT2D eigenvalue weighted by Crippen LogP contribution is -2.31. The average molecular weight is 216 g/mol. The van der Waals surface area contributed by atoms with Gasteiger partial charge >= 0.3 is 0 Å². The summed E-state index contributed by atoms with van der Waals surface area (Å²) >= 11 is 1.94. The first-order chi connectivity index (χ1) is 6.72. The van der Waals surface area contributed by atoms with Gasteiger partial charge in [-0.15, -0.1) is 0 Å². The lowest BCUT2D eigenvalue weighted by molar-refractivity contribution is -0.120. The molecule has 0 bridgehead atoms. The van der Waals surface area contributed by atoms with Crippen LogP contribution in [0.1, 0.15) is 26.2 Å². The number of carbonyl (C=O) groups is 1. The van der Waals surface area contributed by atoms with Crippen molar-refractivity contribution in [3.63, 3.8) is 0 Å². The Balaban J connectivity index is 1.97. The van der Waals surface area contributed by atoms with Crippen molar-refractivity contribution in [2.45, 2.75) is 30.9 Å². The molecule has 0 heterocycles. The van der Waals surface area contributed by atoms with E-state index >= 15 is 0 Å². The van der Waals surface area contributed by atoms with Crippen molar-refractivity contribution in [1.82, 2.24) is 10.6 Å². The fourth-order valence-electron chi connectivity index (χ4n) is 1.40. The van der Waals surface area contributed by atoms with Crippen LogP contribution in [0.4, 0.5) is 0 Å². The summed E-state index contributed by atoms with van der Waals surface area (Å²) in [5.74, 6) is 0.147. The highest BCUT2D eigenvalue weighted by atomic mass is 32.2. The van der Waals surface area contributed by atoms with Crippen molar-refractivity contribution >= 4 is 17.7 Å². The van der Waals surface area contributed by atoms with Gasteiger partial charge < -0.3 is 10.6 Å². The summed E-state index contributed by atoms with van der Waals surface area (Å²) in [5, 5.41) is 6.14. The fourth-order valence-corrected chi connectivity index (χ4v) is 2.15. The van der Waals surface area contributed by atoms with E-state index < -0.39 is 0 Å². The number of nitrogens with one attached hydrogen (secondary N) is 2. The Morgan fingerprint density at radius 2 is 2.21 bits per heavy atom. The standard InChI is InChI=1S/C10H20N2OS/c1-3-12-9(13)4-7-11-8-10(14-2)5-6-10/h11H,3-8H2,1-2H3,(H,12,13). The normalized spacial score (nSPS) is 17.9. The molecule has 1 saturated carbocycles. The van der Waals surface area contributed by atoms with Crippen LogP contribution in [0.5, 0.6) is 0 Å². The van der Waals surface area contributed by atoms with Crippen LogP contribution in [-0.4, -0.2) is 36.5 Å². The first kappa shape index (κ1) is 11.9. The molecule has 0 aromatic carbocycles. The smallest absolute Gasteiger partial charge is 0.221 e. The van der Waals surface area contributed by atoms with Crippen molar-refractivity contribution in [3.05, 3.63) is 0 Å². The molecule has 1 rings (SSSR count). The Morgan fingerprint density at radius 3 is 2.71 bits per heavy atom. The molecule has 0 atom stereocenters. The second kappa shape index (κ2) is 5.61. The van der Waals surface area contributed by atoms with E-state index in [1.807, 2.05) is 18.7 Å². The molecule has 0 aliphatic heterocycles. The highest BCUT2D eigenvalue weighted by Gasteiger charge is 2.41. The lowest BCUT2D eigenvalue weighted by atomic mass is 10.3. The second-order valence-electron chi connectivity index (χ2n) is 3.77. The van der Waals surface area contributed by atoms with Crippen molar-refractivity contribution in [2.75, 3.05) is 25.9 Å². The Labute approximate surface area is 90.4 Å². The van der Waals surface area contributed by atoms with Gasteiger partial charge in [0.2, 0.25) is 5.91 Å². The number of carbonyl (C=O) groups excluding carboxylic acids is 1. The SMILES string of the molecule is CCNC(=O)CCNCC1(SC)CC1. The van der Waals surface area contributed by atoms with Gasteiger partial charge in [-0.3, -0.25) is 4.79 Å². The Morgan fingerprint density at radius 1 is 1.50 bits per heavy atom. The van der Waals surface area contributed by atoms with E-state index in [1.54, 1.807) is 0 Å². The number of rotatable bonds is 7. The van der Waals surface area contributed by atoms with Gasteiger partial charge in [0, 0.05) is 30.8 Å². The van der Waals surface area contributed by atoms with E-state index in [0.29, 0.717) is 11.2 Å². The van der Waals surface area contributed by atoms with E-state index in [-0.39, 0.29) is 5.91 Å². The van der Waals surface area contributed by atoms with Gasteiger partial charge in [-0.05, 0) is 26.0 Å². The summed E-state index contributed by atoms with van der Waals surface area (Å²) in [6.45, 7) is 4.52. The zero-order chi connectivity index (χ0) is 10.4. The molecule has 4 heteroatoms. The molecule has 14 heavy (non-hydrogen) atoms. The summed E-state index contributed by atoms with van der Waals surface area (Å²) in [7, 11) is 0. The van der Waals surface area contributed by atoms with E-state index in [2.05, 4.69) is 16.9 Å². The van der Waals surface area contributed by atoms with E-state index in [1.165, 1.54) is 12.8 Å². The van der Waals surface area contributed by atoms with Gasteiger partial charge in [0.25, 0.3) is 0 Å². The minimum Gasteiger partial charge on any atom is -0.356 e. The maximum Gasteiger partial charge on any atom is 0.221 e. The van der Waals surface area contributed by atoms with Crippen molar-refractivity contribution in [3.8, 4) is 0 Å². The molecule has 0 aromatic rings. The molecule has 1 aliphatic carbocycles. The van der Waals surface area contributed by atoms with Crippen LogP contribution in [0.2, 0.25) is 0 Å². The molecule has 0 unspecified atom stereocenters. The molecule has 82 valence electrons. The monoisotopic (exact) mass is 216 g/mol. The summed E-state index contributed by atoms with van der Waals surface area (Å²) < 4.78 is 0.501. The third-order valence-electron chi connectivity index (χ3n) is 2.59. The van der Waals surface area contributed by atoms with E-state index in [9.17, 15) is 4.79 Å². The molecule has 1 fully saturated rings. The number of hydrogen-bond donors (Lipinski definition) is 2.